The summed E-state index contributed by atoms with van der Waals surface area (Å²) in [6.45, 7) is 5.81. The Morgan fingerprint density at radius 2 is 1.68 bits per heavy atom. The average Bonchev–Trinajstić information content (AvgIpc) is 2.83. The molecule has 1 saturated heterocycles. The van der Waals surface area contributed by atoms with Gasteiger partial charge < -0.3 is 20.5 Å². The zero-order valence-corrected chi connectivity index (χ0v) is 23.1. The first-order valence-electron chi connectivity index (χ1n) is 12.5. The molecule has 0 spiro atoms. The fourth-order valence-corrected chi connectivity index (χ4v) is 5.08. The van der Waals surface area contributed by atoms with Crippen LogP contribution in [0.1, 0.15) is 45.6 Å². The van der Waals surface area contributed by atoms with E-state index in [2.05, 4.69) is 5.32 Å². The summed E-state index contributed by atoms with van der Waals surface area (Å²) >= 11 is 0. The van der Waals surface area contributed by atoms with Crippen LogP contribution < -0.4 is 11.1 Å². The maximum Gasteiger partial charge on any atom is 0.408 e. The first-order valence-corrected chi connectivity index (χ1v) is 14.4. The fraction of sp³-hybridized carbons (Fsp3) is 0.464. The monoisotopic (exact) mass is 544 g/mol. The SMILES string of the molecule is CC(C)(C)OC(=O)NC1(C(=O)C[C@@H](Cc2ccc(-c3cccc(S(C)(=O)=O)c3)cc2)C(N)=O)CCOCC1. The van der Waals surface area contributed by atoms with Gasteiger partial charge in [0.25, 0.3) is 0 Å². The number of primary amides is 1. The van der Waals surface area contributed by atoms with Crippen molar-refractivity contribution in [2.75, 3.05) is 19.5 Å². The van der Waals surface area contributed by atoms with Gasteiger partial charge in [-0.05, 0) is 56.0 Å². The van der Waals surface area contributed by atoms with Crippen LogP contribution in [0, 0.1) is 5.92 Å². The first kappa shape index (κ1) is 29.3. The molecular formula is C28H36N2O7S. The van der Waals surface area contributed by atoms with E-state index in [9.17, 15) is 22.8 Å². The van der Waals surface area contributed by atoms with Gasteiger partial charge in [0, 0.05) is 44.6 Å². The minimum atomic E-state index is -3.34. The maximum atomic E-state index is 13.5. The average molecular weight is 545 g/mol. The lowest BCUT2D eigenvalue weighted by Gasteiger charge is -2.37. The maximum absolute atomic E-state index is 13.5. The van der Waals surface area contributed by atoms with Crippen LogP contribution in [0.4, 0.5) is 4.79 Å². The van der Waals surface area contributed by atoms with E-state index < -0.39 is 38.9 Å². The number of nitrogens with two attached hydrogens (primary N) is 1. The second kappa shape index (κ2) is 11.7. The van der Waals surface area contributed by atoms with E-state index in [0.717, 1.165) is 22.9 Å². The molecule has 0 unspecified atom stereocenters. The lowest BCUT2D eigenvalue weighted by atomic mass is 9.80. The van der Waals surface area contributed by atoms with E-state index in [1.807, 2.05) is 30.3 Å². The molecule has 0 aliphatic carbocycles. The molecule has 2 aromatic carbocycles. The number of hydrogen-bond acceptors (Lipinski definition) is 7. The van der Waals surface area contributed by atoms with Crippen LogP contribution in [-0.4, -0.2) is 56.8 Å². The molecule has 0 bridgehead atoms. The molecule has 1 heterocycles. The van der Waals surface area contributed by atoms with Crippen molar-refractivity contribution in [2.45, 2.75) is 62.5 Å². The largest absolute Gasteiger partial charge is 0.444 e. The van der Waals surface area contributed by atoms with Crippen molar-refractivity contribution >= 4 is 27.6 Å². The van der Waals surface area contributed by atoms with E-state index >= 15 is 0 Å². The van der Waals surface area contributed by atoms with Gasteiger partial charge in [-0.1, -0.05) is 36.4 Å². The van der Waals surface area contributed by atoms with Crippen LogP contribution in [0.15, 0.2) is 53.4 Å². The number of rotatable bonds is 9. The Bertz CT molecular complexity index is 1280. The van der Waals surface area contributed by atoms with Crippen molar-refractivity contribution in [2.24, 2.45) is 11.7 Å². The third-order valence-corrected chi connectivity index (χ3v) is 7.60. The Morgan fingerprint density at radius 1 is 1.05 bits per heavy atom. The van der Waals surface area contributed by atoms with Gasteiger partial charge in [0.2, 0.25) is 5.91 Å². The van der Waals surface area contributed by atoms with E-state index in [0.29, 0.717) is 13.2 Å². The predicted molar refractivity (Wildman–Crippen MR) is 143 cm³/mol. The van der Waals surface area contributed by atoms with E-state index in [1.54, 1.807) is 39.0 Å². The summed E-state index contributed by atoms with van der Waals surface area (Å²) in [6, 6.07) is 14.0. The number of amides is 2. The Labute approximate surface area is 224 Å². The molecule has 2 aromatic rings. The molecule has 0 aromatic heterocycles. The number of ether oxygens (including phenoxy) is 2. The molecule has 1 aliphatic rings. The van der Waals surface area contributed by atoms with E-state index in [-0.39, 0.29) is 36.4 Å². The van der Waals surface area contributed by atoms with Gasteiger partial charge >= 0.3 is 6.09 Å². The quantitative estimate of drug-likeness (QED) is 0.492. The molecule has 10 heteroatoms. The molecule has 38 heavy (non-hydrogen) atoms. The van der Waals surface area contributed by atoms with Crippen molar-refractivity contribution in [3.05, 3.63) is 54.1 Å². The summed E-state index contributed by atoms with van der Waals surface area (Å²) in [6.07, 6.45) is 1.12. The van der Waals surface area contributed by atoms with Gasteiger partial charge in [0.05, 0.1) is 4.90 Å². The Balaban J connectivity index is 1.75. The summed E-state index contributed by atoms with van der Waals surface area (Å²) in [7, 11) is -3.34. The molecule has 9 nitrogen and oxygen atoms in total. The highest BCUT2D eigenvalue weighted by atomic mass is 32.2. The molecule has 1 atom stereocenters. The van der Waals surface area contributed by atoms with Gasteiger partial charge in [-0.2, -0.15) is 0 Å². The first-order chi connectivity index (χ1) is 17.7. The summed E-state index contributed by atoms with van der Waals surface area (Å²) < 4.78 is 34.6. The molecule has 3 N–H and O–H groups in total. The van der Waals surface area contributed by atoms with Crippen molar-refractivity contribution in [1.82, 2.24) is 5.32 Å². The Hall–Kier alpha value is -3.24. The number of ketones is 1. The smallest absolute Gasteiger partial charge is 0.408 e. The second-order valence-electron chi connectivity index (χ2n) is 10.7. The number of carbonyl (C=O) groups excluding carboxylic acids is 3. The molecular weight excluding hydrogens is 508 g/mol. The Kier molecular flexibility index (Phi) is 8.99. The van der Waals surface area contributed by atoms with Crippen LogP contribution >= 0.6 is 0 Å². The third kappa shape index (κ3) is 7.88. The minimum Gasteiger partial charge on any atom is -0.444 e. The zero-order valence-electron chi connectivity index (χ0n) is 22.3. The lowest BCUT2D eigenvalue weighted by Crippen LogP contribution is -2.58. The van der Waals surface area contributed by atoms with E-state index in [4.69, 9.17) is 15.2 Å². The number of Topliss-reactive ketones (excluding diaryl/α,β-unsaturated/α-hetero) is 1. The summed E-state index contributed by atoms with van der Waals surface area (Å²) in [4.78, 5) is 38.6. The molecule has 0 radical (unpaired) electrons. The molecule has 1 aliphatic heterocycles. The van der Waals surface area contributed by atoms with Crippen LogP contribution in [0.2, 0.25) is 0 Å². The number of hydrogen-bond donors (Lipinski definition) is 2. The van der Waals surface area contributed by atoms with Gasteiger partial charge in [-0.15, -0.1) is 0 Å². The number of sulfone groups is 1. The van der Waals surface area contributed by atoms with Crippen LogP contribution in [0.5, 0.6) is 0 Å². The van der Waals surface area contributed by atoms with Crippen molar-refractivity contribution < 1.29 is 32.3 Å². The van der Waals surface area contributed by atoms with Crippen LogP contribution in [0.25, 0.3) is 11.1 Å². The van der Waals surface area contributed by atoms with Gasteiger partial charge in [0.15, 0.2) is 15.6 Å². The van der Waals surface area contributed by atoms with Crippen molar-refractivity contribution in [3.8, 4) is 11.1 Å². The number of nitrogens with one attached hydrogen (secondary N) is 1. The number of alkyl carbamates (subject to hydrolysis) is 1. The number of carbonyl (C=O) groups is 3. The van der Waals surface area contributed by atoms with Crippen LogP contribution in [0.3, 0.4) is 0 Å². The highest BCUT2D eigenvalue weighted by Crippen LogP contribution is 2.28. The molecule has 1 fully saturated rings. The standard InChI is InChI=1S/C28H36N2O7S/c1-27(2,3)37-26(33)30-28(12-14-36-15-13-28)24(31)18-22(25(29)32)16-19-8-10-20(11-9-19)21-6-5-7-23(17-21)38(4,34)35/h5-11,17,22H,12-16,18H2,1-4H3,(H2,29,32)(H,30,33)/t22-/m1/s1. The predicted octanol–water partition coefficient (Wildman–Crippen LogP) is 3.43. The van der Waals surface area contributed by atoms with E-state index in [1.165, 1.54) is 0 Å². The Morgan fingerprint density at radius 3 is 2.24 bits per heavy atom. The molecule has 0 saturated carbocycles. The van der Waals surface area contributed by atoms with Crippen molar-refractivity contribution in [1.29, 1.82) is 0 Å². The summed E-state index contributed by atoms with van der Waals surface area (Å²) in [5, 5.41) is 2.75. The highest BCUT2D eigenvalue weighted by molar-refractivity contribution is 7.90. The minimum absolute atomic E-state index is 0.136. The summed E-state index contributed by atoms with van der Waals surface area (Å²) in [5.74, 6) is -1.67. The van der Waals surface area contributed by atoms with Gasteiger partial charge in [-0.3, -0.25) is 9.59 Å². The topological polar surface area (TPSA) is 142 Å². The van der Waals surface area contributed by atoms with Crippen molar-refractivity contribution in [3.63, 3.8) is 0 Å². The fourth-order valence-electron chi connectivity index (χ4n) is 4.41. The zero-order chi connectivity index (χ0) is 28.1. The highest BCUT2D eigenvalue weighted by Gasteiger charge is 2.43. The second-order valence-corrected chi connectivity index (χ2v) is 12.8. The molecule has 206 valence electrons. The molecule has 3 rings (SSSR count). The number of benzene rings is 2. The van der Waals surface area contributed by atoms with Gasteiger partial charge in [-0.25, -0.2) is 13.2 Å². The van der Waals surface area contributed by atoms with Crippen LogP contribution in [-0.2, 0) is 35.3 Å². The normalized spacial score (nSPS) is 16.3. The third-order valence-electron chi connectivity index (χ3n) is 6.49. The van der Waals surface area contributed by atoms with Gasteiger partial charge in [0.1, 0.15) is 11.1 Å². The lowest BCUT2D eigenvalue weighted by molar-refractivity contribution is -0.133. The summed E-state index contributed by atoms with van der Waals surface area (Å²) in [5.41, 5.74) is 6.12. The molecule has 2 amide bonds.